The van der Waals surface area contributed by atoms with E-state index >= 15 is 0 Å². The first-order valence-electron chi connectivity index (χ1n) is 7.74. The first-order valence-corrected chi connectivity index (χ1v) is 7.74. The average Bonchev–Trinajstić information content (AvgIpc) is 2.98. The molecular weight excluding hydrogens is 300 g/mol. The van der Waals surface area contributed by atoms with Crippen LogP contribution in [0, 0.1) is 23.0 Å². The number of carbonyl (C=O) groups excluding carboxylic acids is 1. The van der Waals surface area contributed by atoms with E-state index < -0.39 is 17.2 Å². The van der Waals surface area contributed by atoms with Crippen LogP contribution < -0.4 is 5.32 Å². The van der Waals surface area contributed by atoms with Gasteiger partial charge in [-0.1, -0.05) is 6.07 Å². The Morgan fingerprint density at radius 2 is 2.04 bits per heavy atom. The molecule has 1 fully saturated rings. The molecule has 2 rings (SSSR count). The second-order valence-corrected chi connectivity index (χ2v) is 6.21. The van der Waals surface area contributed by atoms with Crippen LogP contribution in [0.5, 0.6) is 0 Å². The molecule has 6 heteroatoms. The molecule has 0 heterocycles. The van der Waals surface area contributed by atoms with Gasteiger partial charge in [0.1, 0.15) is 5.54 Å². The Hall–Kier alpha value is -2.00. The monoisotopic (exact) mass is 321 g/mol. The van der Waals surface area contributed by atoms with Crippen LogP contribution in [0.25, 0.3) is 0 Å². The zero-order chi connectivity index (χ0) is 17.0. The van der Waals surface area contributed by atoms with Gasteiger partial charge in [-0.25, -0.2) is 8.78 Å². The van der Waals surface area contributed by atoms with Crippen molar-refractivity contribution in [2.45, 2.75) is 44.2 Å². The molecule has 124 valence electrons. The van der Waals surface area contributed by atoms with Gasteiger partial charge < -0.3 is 5.32 Å². The van der Waals surface area contributed by atoms with Crippen LogP contribution in [-0.4, -0.2) is 29.9 Å². The van der Waals surface area contributed by atoms with E-state index in [0.717, 1.165) is 25.0 Å². The smallest absolute Gasteiger partial charge is 0.235 e. The summed E-state index contributed by atoms with van der Waals surface area (Å²) in [4.78, 5) is 13.9. The fraction of sp³-hybridized carbons (Fsp3) is 0.529. The van der Waals surface area contributed by atoms with Gasteiger partial charge >= 0.3 is 0 Å². The number of hydrogen-bond acceptors (Lipinski definition) is 3. The second kappa shape index (κ2) is 7.05. The number of likely N-dealkylation sites (N-methyl/N-ethyl adjacent to an activating group) is 1. The van der Waals surface area contributed by atoms with E-state index in [0.29, 0.717) is 18.4 Å². The zero-order valence-electron chi connectivity index (χ0n) is 13.4. The van der Waals surface area contributed by atoms with E-state index in [2.05, 4.69) is 11.4 Å². The standard InChI is InChI=1S/C17H21F2N3O/c1-12(13-5-6-14(18)15(19)9-13)22(2)10-16(23)21-17(11-20)7-3-4-8-17/h5-6,9,12H,3-4,7-8,10H2,1-2H3,(H,21,23). The van der Waals surface area contributed by atoms with E-state index in [1.165, 1.54) is 6.07 Å². The van der Waals surface area contributed by atoms with Gasteiger partial charge in [-0.15, -0.1) is 0 Å². The van der Waals surface area contributed by atoms with Crippen LogP contribution in [0.15, 0.2) is 18.2 Å². The number of amides is 1. The Morgan fingerprint density at radius 1 is 1.39 bits per heavy atom. The maximum absolute atomic E-state index is 13.3. The summed E-state index contributed by atoms with van der Waals surface area (Å²) in [6, 6.07) is 5.69. The summed E-state index contributed by atoms with van der Waals surface area (Å²) >= 11 is 0. The van der Waals surface area contributed by atoms with Gasteiger partial charge in [0.2, 0.25) is 5.91 Å². The molecule has 1 N–H and O–H groups in total. The quantitative estimate of drug-likeness (QED) is 0.907. The lowest BCUT2D eigenvalue weighted by Gasteiger charge is -2.27. The van der Waals surface area contributed by atoms with Crippen LogP contribution in [0.2, 0.25) is 0 Å². The fourth-order valence-electron chi connectivity index (χ4n) is 2.94. The number of rotatable bonds is 5. The van der Waals surface area contributed by atoms with Crippen molar-refractivity contribution in [2.24, 2.45) is 0 Å². The average molecular weight is 321 g/mol. The minimum Gasteiger partial charge on any atom is -0.337 e. The van der Waals surface area contributed by atoms with E-state index in [1.807, 2.05) is 6.92 Å². The second-order valence-electron chi connectivity index (χ2n) is 6.21. The Labute approximate surface area is 135 Å². The van der Waals surface area contributed by atoms with Crippen molar-refractivity contribution in [1.29, 1.82) is 5.26 Å². The first kappa shape index (κ1) is 17.4. The molecule has 1 aliphatic carbocycles. The fourth-order valence-corrected chi connectivity index (χ4v) is 2.94. The molecule has 1 aliphatic rings. The lowest BCUT2D eigenvalue weighted by Crippen LogP contribution is -2.48. The Kier molecular flexibility index (Phi) is 5.32. The van der Waals surface area contributed by atoms with E-state index in [-0.39, 0.29) is 18.5 Å². The molecule has 23 heavy (non-hydrogen) atoms. The molecule has 0 saturated heterocycles. The largest absolute Gasteiger partial charge is 0.337 e. The molecule has 1 aromatic rings. The third-order valence-electron chi connectivity index (χ3n) is 4.53. The van der Waals surface area contributed by atoms with Crippen molar-refractivity contribution in [2.75, 3.05) is 13.6 Å². The molecule has 1 saturated carbocycles. The van der Waals surface area contributed by atoms with Gasteiger partial charge in [-0.2, -0.15) is 5.26 Å². The lowest BCUT2D eigenvalue weighted by atomic mass is 10.00. The summed E-state index contributed by atoms with van der Waals surface area (Å²) < 4.78 is 26.3. The highest BCUT2D eigenvalue weighted by Crippen LogP contribution is 2.29. The predicted molar refractivity (Wildman–Crippen MR) is 82.4 cm³/mol. The summed E-state index contributed by atoms with van der Waals surface area (Å²) in [5.41, 5.74) is -0.154. The molecule has 1 amide bonds. The molecule has 0 spiro atoms. The van der Waals surface area contributed by atoms with E-state index in [9.17, 15) is 18.8 Å². The highest BCUT2D eigenvalue weighted by atomic mass is 19.2. The van der Waals surface area contributed by atoms with E-state index in [1.54, 1.807) is 11.9 Å². The molecule has 4 nitrogen and oxygen atoms in total. The first-order chi connectivity index (χ1) is 10.9. The van der Waals surface area contributed by atoms with Crippen LogP contribution in [0.3, 0.4) is 0 Å². The SMILES string of the molecule is CC(c1ccc(F)c(F)c1)N(C)CC(=O)NC1(C#N)CCCC1. The predicted octanol–water partition coefficient (Wildman–Crippen LogP) is 2.91. The molecule has 0 bridgehead atoms. The number of nitriles is 1. The summed E-state index contributed by atoms with van der Waals surface area (Å²) in [7, 11) is 1.74. The van der Waals surface area contributed by atoms with Crippen molar-refractivity contribution >= 4 is 5.91 Å². The number of nitrogens with one attached hydrogen (secondary N) is 1. The lowest BCUT2D eigenvalue weighted by molar-refractivity contribution is -0.123. The topological polar surface area (TPSA) is 56.1 Å². The van der Waals surface area contributed by atoms with Gasteiger partial charge in [-0.3, -0.25) is 9.69 Å². The normalized spacial score (nSPS) is 17.7. The van der Waals surface area contributed by atoms with Crippen molar-refractivity contribution in [1.82, 2.24) is 10.2 Å². The van der Waals surface area contributed by atoms with E-state index in [4.69, 9.17) is 0 Å². The molecule has 1 unspecified atom stereocenters. The molecule has 1 aromatic carbocycles. The van der Waals surface area contributed by atoms with Crippen molar-refractivity contribution < 1.29 is 13.6 Å². The van der Waals surface area contributed by atoms with Gasteiger partial charge in [0, 0.05) is 6.04 Å². The molecule has 0 aromatic heterocycles. The van der Waals surface area contributed by atoms with Gasteiger partial charge in [0.15, 0.2) is 11.6 Å². The Balaban J connectivity index is 1.97. The Morgan fingerprint density at radius 3 is 2.61 bits per heavy atom. The number of hydrogen-bond donors (Lipinski definition) is 1. The maximum Gasteiger partial charge on any atom is 0.235 e. The summed E-state index contributed by atoms with van der Waals surface area (Å²) in [6.07, 6.45) is 3.24. The number of halogens is 2. The zero-order valence-corrected chi connectivity index (χ0v) is 13.4. The van der Waals surface area contributed by atoms with Crippen LogP contribution in [0.1, 0.15) is 44.2 Å². The molecular formula is C17H21F2N3O. The van der Waals surface area contributed by atoms with Crippen LogP contribution in [-0.2, 0) is 4.79 Å². The molecule has 0 radical (unpaired) electrons. The minimum atomic E-state index is -0.901. The Bertz CT molecular complexity index is 621. The van der Waals surface area contributed by atoms with Crippen LogP contribution in [0.4, 0.5) is 8.78 Å². The number of nitrogens with zero attached hydrogens (tertiary/aromatic N) is 2. The summed E-state index contributed by atoms with van der Waals surface area (Å²) in [5.74, 6) is -2.02. The van der Waals surface area contributed by atoms with Crippen molar-refractivity contribution in [3.63, 3.8) is 0 Å². The number of carbonyl (C=O) groups is 1. The van der Waals surface area contributed by atoms with Gasteiger partial charge in [-0.05, 0) is 57.4 Å². The molecule has 0 aliphatic heterocycles. The van der Waals surface area contributed by atoms with Crippen molar-refractivity contribution in [3.8, 4) is 6.07 Å². The summed E-state index contributed by atoms with van der Waals surface area (Å²) in [6.45, 7) is 1.90. The maximum atomic E-state index is 13.3. The highest BCUT2D eigenvalue weighted by Gasteiger charge is 2.35. The number of benzene rings is 1. The third-order valence-corrected chi connectivity index (χ3v) is 4.53. The van der Waals surface area contributed by atoms with Crippen molar-refractivity contribution in [3.05, 3.63) is 35.4 Å². The third kappa shape index (κ3) is 4.05. The summed E-state index contributed by atoms with van der Waals surface area (Å²) in [5, 5.41) is 12.1. The molecule has 1 atom stereocenters. The van der Waals surface area contributed by atoms with Gasteiger partial charge in [0.05, 0.1) is 12.6 Å². The van der Waals surface area contributed by atoms with Crippen LogP contribution >= 0.6 is 0 Å². The minimum absolute atomic E-state index is 0.0869. The van der Waals surface area contributed by atoms with Gasteiger partial charge in [0.25, 0.3) is 0 Å². The highest BCUT2D eigenvalue weighted by molar-refractivity contribution is 5.79.